The molecule has 148 valence electrons. The molecule has 2 aromatic heterocycles. The van der Waals surface area contributed by atoms with Crippen molar-refractivity contribution in [3.05, 3.63) is 67.0 Å². The molecule has 0 saturated carbocycles. The first kappa shape index (κ1) is 19.4. The number of H-pyrrole nitrogens is 1. The third-order valence-electron chi connectivity index (χ3n) is 4.67. The van der Waals surface area contributed by atoms with Gasteiger partial charge in [-0.2, -0.15) is 0 Å². The fourth-order valence-electron chi connectivity index (χ4n) is 3.29. The molecule has 0 spiro atoms. The summed E-state index contributed by atoms with van der Waals surface area (Å²) in [6.45, 7) is 1.03. The van der Waals surface area contributed by atoms with Crippen LogP contribution in [0, 0.1) is 10.1 Å². The van der Waals surface area contributed by atoms with E-state index >= 15 is 0 Å². The maximum absolute atomic E-state index is 12.7. The van der Waals surface area contributed by atoms with Crippen LogP contribution in [0.1, 0.15) is 6.42 Å². The van der Waals surface area contributed by atoms with Crippen LogP contribution in [-0.4, -0.2) is 26.0 Å². The smallest absolute Gasteiger partial charge is 0.275 e. The summed E-state index contributed by atoms with van der Waals surface area (Å²) in [6, 6.07) is 7.65. The van der Waals surface area contributed by atoms with Crippen LogP contribution in [0.2, 0.25) is 10.0 Å². The second-order valence-electron chi connectivity index (χ2n) is 6.53. The molecule has 0 fully saturated rings. The van der Waals surface area contributed by atoms with Gasteiger partial charge in [-0.1, -0.05) is 23.2 Å². The van der Waals surface area contributed by atoms with E-state index in [9.17, 15) is 14.9 Å². The highest BCUT2D eigenvalue weighted by Crippen LogP contribution is 2.32. The molecule has 29 heavy (non-hydrogen) atoms. The number of aromatic amines is 1. The minimum Gasteiger partial charge on any atom is -0.347 e. The number of fused-ring (bicyclic) bond motifs is 2. The van der Waals surface area contributed by atoms with Gasteiger partial charge in [0.25, 0.3) is 11.2 Å². The number of nitrogens with one attached hydrogen (secondary N) is 1. The largest absolute Gasteiger partial charge is 0.347 e. The van der Waals surface area contributed by atoms with E-state index in [1.165, 1.54) is 12.1 Å². The quantitative estimate of drug-likeness (QED) is 0.363. The van der Waals surface area contributed by atoms with Gasteiger partial charge in [0, 0.05) is 35.8 Å². The summed E-state index contributed by atoms with van der Waals surface area (Å²) in [5.41, 5.74) is 7.55. The molecule has 0 aliphatic heterocycles. The van der Waals surface area contributed by atoms with Crippen LogP contribution in [0.5, 0.6) is 0 Å². The Hall–Kier alpha value is -2.94. The maximum atomic E-state index is 12.7. The van der Waals surface area contributed by atoms with Crippen LogP contribution < -0.4 is 11.3 Å². The van der Waals surface area contributed by atoms with Crippen molar-refractivity contribution >= 4 is 50.8 Å². The van der Waals surface area contributed by atoms with Crippen molar-refractivity contribution in [3.8, 4) is 11.3 Å². The molecular weight excluding hydrogens is 417 g/mol. The molecule has 10 heteroatoms. The van der Waals surface area contributed by atoms with Crippen molar-refractivity contribution in [3.63, 3.8) is 0 Å². The standard InChI is InChI=1S/C19H15Cl2N5O3/c20-13-7-15-16(8-14(13)21)24-19(27)18(23-15)12-9-25(5-1-4-22)17-6-10(26(28)29)2-3-11(12)17/h2-3,6-9H,1,4-5,22H2,(H,24,27). The summed E-state index contributed by atoms with van der Waals surface area (Å²) in [5.74, 6) is 0. The number of aromatic nitrogens is 3. The number of nitrogens with zero attached hydrogens (tertiary/aromatic N) is 3. The summed E-state index contributed by atoms with van der Waals surface area (Å²) < 4.78 is 1.85. The van der Waals surface area contributed by atoms with E-state index in [4.69, 9.17) is 28.9 Å². The van der Waals surface area contributed by atoms with Crippen molar-refractivity contribution in [2.24, 2.45) is 5.73 Å². The molecule has 2 aromatic carbocycles. The molecule has 4 rings (SSSR count). The van der Waals surface area contributed by atoms with Gasteiger partial charge in [-0.3, -0.25) is 14.9 Å². The third kappa shape index (κ3) is 3.46. The van der Waals surface area contributed by atoms with Crippen LogP contribution in [0.3, 0.4) is 0 Å². The molecule has 0 amide bonds. The Balaban J connectivity index is 1.97. The number of hydrogen-bond donors (Lipinski definition) is 2. The number of hydrogen-bond acceptors (Lipinski definition) is 5. The van der Waals surface area contributed by atoms with E-state index in [1.54, 1.807) is 24.4 Å². The number of nitro benzene ring substituents is 1. The van der Waals surface area contributed by atoms with Crippen LogP contribution in [0.4, 0.5) is 5.69 Å². The van der Waals surface area contributed by atoms with Gasteiger partial charge in [-0.25, -0.2) is 4.98 Å². The number of rotatable bonds is 5. The molecule has 0 unspecified atom stereocenters. The van der Waals surface area contributed by atoms with E-state index in [1.807, 2.05) is 4.57 Å². The van der Waals surface area contributed by atoms with Crippen molar-refractivity contribution in [1.29, 1.82) is 0 Å². The molecule has 0 atom stereocenters. The molecule has 0 radical (unpaired) electrons. The maximum Gasteiger partial charge on any atom is 0.275 e. The Kier molecular flexibility index (Phi) is 4.99. The Morgan fingerprint density at radius 2 is 1.97 bits per heavy atom. The van der Waals surface area contributed by atoms with Gasteiger partial charge in [-0.05, 0) is 31.2 Å². The topological polar surface area (TPSA) is 120 Å². The summed E-state index contributed by atoms with van der Waals surface area (Å²) in [5, 5.41) is 12.5. The summed E-state index contributed by atoms with van der Waals surface area (Å²) in [7, 11) is 0. The van der Waals surface area contributed by atoms with E-state index in [0.717, 1.165) is 0 Å². The Morgan fingerprint density at radius 1 is 1.21 bits per heavy atom. The Morgan fingerprint density at radius 3 is 2.69 bits per heavy atom. The summed E-state index contributed by atoms with van der Waals surface area (Å²) in [6.07, 6.45) is 2.45. The first-order valence-electron chi connectivity index (χ1n) is 8.76. The monoisotopic (exact) mass is 431 g/mol. The third-order valence-corrected chi connectivity index (χ3v) is 5.39. The van der Waals surface area contributed by atoms with Gasteiger partial charge < -0.3 is 15.3 Å². The van der Waals surface area contributed by atoms with Gasteiger partial charge in [0.15, 0.2) is 0 Å². The molecule has 2 heterocycles. The minimum atomic E-state index is -0.452. The number of nitro groups is 1. The fraction of sp³-hybridized carbons (Fsp3) is 0.158. The Labute approximate surface area is 174 Å². The highest BCUT2D eigenvalue weighted by Gasteiger charge is 2.18. The normalized spacial score (nSPS) is 11.4. The second kappa shape index (κ2) is 7.47. The highest BCUT2D eigenvalue weighted by molar-refractivity contribution is 6.42. The van der Waals surface area contributed by atoms with Crippen molar-refractivity contribution < 1.29 is 4.92 Å². The minimum absolute atomic E-state index is 0.0297. The van der Waals surface area contributed by atoms with Gasteiger partial charge in [-0.15, -0.1) is 0 Å². The van der Waals surface area contributed by atoms with Gasteiger partial charge in [0.05, 0.1) is 31.5 Å². The molecule has 0 aliphatic rings. The molecule has 0 bridgehead atoms. The van der Waals surface area contributed by atoms with Crippen LogP contribution in [0.25, 0.3) is 33.2 Å². The average Bonchev–Trinajstić information content (AvgIpc) is 3.05. The van der Waals surface area contributed by atoms with Gasteiger partial charge >= 0.3 is 0 Å². The molecule has 3 N–H and O–H groups in total. The van der Waals surface area contributed by atoms with Gasteiger partial charge in [0.2, 0.25) is 0 Å². The Bertz CT molecular complexity index is 1330. The first-order valence-corrected chi connectivity index (χ1v) is 9.51. The average molecular weight is 432 g/mol. The number of benzene rings is 2. The summed E-state index contributed by atoms with van der Waals surface area (Å²) in [4.78, 5) is 30.7. The van der Waals surface area contributed by atoms with Crippen molar-refractivity contribution in [2.45, 2.75) is 13.0 Å². The van der Waals surface area contributed by atoms with Crippen molar-refractivity contribution in [2.75, 3.05) is 6.54 Å². The van der Waals surface area contributed by atoms with E-state index < -0.39 is 10.5 Å². The van der Waals surface area contributed by atoms with Gasteiger partial charge in [0.1, 0.15) is 5.69 Å². The number of aryl methyl sites for hydroxylation is 1. The van der Waals surface area contributed by atoms with E-state index in [0.29, 0.717) is 57.1 Å². The molecule has 0 saturated heterocycles. The summed E-state index contributed by atoms with van der Waals surface area (Å²) >= 11 is 12.1. The molecule has 0 aliphatic carbocycles. The van der Waals surface area contributed by atoms with Crippen molar-refractivity contribution in [1.82, 2.24) is 14.5 Å². The molecular formula is C19H15Cl2N5O3. The number of halogens is 2. The van der Waals surface area contributed by atoms with E-state index in [2.05, 4.69) is 9.97 Å². The predicted octanol–water partition coefficient (Wildman–Crippen LogP) is 4.11. The lowest BCUT2D eigenvalue weighted by Crippen LogP contribution is -2.11. The zero-order chi connectivity index (χ0) is 20.7. The lowest BCUT2D eigenvalue weighted by atomic mass is 10.1. The molecule has 8 nitrogen and oxygen atoms in total. The number of nitrogens with two attached hydrogens (primary N) is 1. The number of non-ortho nitro benzene ring substituents is 1. The first-order chi connectivity index (χ1) is 13.9. The van der Waals surface area contributed by atoms with E-state index in [-0.39, 0.29) is 11.4 Å². The van der Waals surface area contributed by atoms with Crippen LogP contribution in [0.15, 0.2) is 41.3 Å². The lowest BCUT2D eigenvalue weighted by Gasteiger charge is -2.04. The van der Waals surface area contributed by atoms with Crippen LogP contribution >= 0.6 is 23.2 Å². The SMILES string of the molecule is NCCCn1cc(-c2nc3cc(Cl)c(Cl)cc3[nH]c2=O)c2ccc([N+](=O)[O-])cc21. The fourth-order valence-corrected chi connectivity index (χ4v) is 3.62. The zero-order valence-corrected chi connectivity index (χ0v) is 16.5. The lowest BCUT2D eigenvalue weighted by molar-refractivity contribution is -0.384. The predicted molar refractivity (Wildman–Crippen MR) is 114 cm³/mol. The highest BCUT2D eigenvalue weighted by atomic mass is 35.5. The zero-order valence-electron chi connectivity index (χ0n) is 15.0. The molecule has 4 aromatic rings. The van der Waals surface area contributed by atoms with Crippen LogP contribution in [-0.2, 0) is 6.54 Å². The second-order valence-corrected chi connectivity index (χ2v) is 7.35.